The van der Waals surface area contributed by atoms with Crippen molar-refractivity contribution >= 4 is 23.5 Å². The van der Waals surface area contributed by atoms with Gasteiger partial charge in [-0.1, -0.05) is 29.8 Å². The van der Waals surface area contributed by atoms with Crippen LogP contribution in [0.25, 0.3) is 0 Å². The van der Waals surface area contributed by atoms with E-state index in [4.69, 9.17) is 11.6 Å². The number of amides is 1. The lowest BCUT2D eigenvalue weighted by atomic mass is 9.92. The van der Waals surface area contributed by atoms with Gasteiger partial charge in [-0.3, -0.25) is 9.59 Å². The second-order valence-corrected chi connectivity index (χ2v) is 6.42. The van der Waals surface area contributed by atoms with Gasteiger partial charge in [0, 0.05) is 18.1 Å². The van der Waals surface area contributed by atoms with Crippen LogP contribution in [0.5, 0.6) is 0 Å². The summed E-state index contributed by atoms with van der Waals surface area (Å²) in [5.74, 6) is -0.605. The maximum Gasteiger partial charge on any atom is 0.308 e. The topological polar surface area (TPSA) is 57.6 Å². The van der Waals surface area contributed by atoms with E-state index in [0.29, 0.717) is 24.0 Å². The lowest BCUT2D eigenvalue weighted by Crippen LogP contribution is -2.31. The number of nitrogens with zero attached hydrogens (tertiary/aromatic N) is 1. The zero-order valence-electron chi connectivity index (χ0n) is 11.7. The van der Waals surface area contributed by atoms with Gasteiger partial charge in [-0.05, 0) is 36.3 Å². The standard InChI is InChI=1S/C16H18ClNO3/c17-14-4-2-1-3-11(14)7-15(19)18-8-12(10-5-6-10)13(9-18)16(20)21/h1-4,10,12-13H,5-9H2,(H,20,21)/t12-,13+/m1/s1. The third-order valence-electron chi connectivity index (χ3n) is 4.56. The van der Waals surface area contributed by atoms with Crippen LogP contribution in [0.15, 0.2) is 24.3 Å². The summed E-state index contributed by atoms with van der Waals surface area (Å²) in [6.07, 6.45) is 2.44. The highest BCUT2D eigenvalue weighted by Gasteiger charge is 2.46. The Bertz CT molecular complexity index is 570. The fraction of sp³-hybridized carbons (Fsp3) is 0.500. The van der Waals surface area contributed by atoms with Crippen LogP contribution in [0.3, 0.4) is 0 Å². The number of benzene rings is 1. The SMILES string of the molecule is O=C(O)[C@H]1CN(C(=O)Cc2ccccc2Cl)C[C@@H]1C1CC1. The van der Waals surface area contributed by atoms with Crippen LogP contribution in [-0.4, -0.2) is 35.0 Å². The van der Waals surface area contributed by atoms with E-state index in [2.05, 4.69) is 0 Å². The highest BCUT2D eigenvalue weighted by atomic mass is 35.5. The second-order valence-electron chi connectivity index (χ2n) is 6.01. The Labute approximate surface area is 128 Å². The van der Waals surface area contributed by atoms with E-state index < -0.39 is 11.9 Å². The Morgan fingerprint density at radius 1 is 1.24 bits per heavy atom. The summed E-state index contributed by atoms with van der Waals surface area (Å²) in [6.45, 7) is 0.907. The van der Waals surface area contributed by atoms with Crippen molar-refractivity contribution in [2.24, 2.45) is 17.8 Å². The largest absolute Gasteiger partial charge is 0.481 e. The van der Waals surface area contributed by atoms with Gasteiger partial charge >= 0.3 is 5.97 Å². The number of carboxylic acids is 1. The van der Waals surface area contributed by atoms with Crippen LogP contribution in [0.2, 0.25) is 5.02 Å². The number of carbonyl (C=O) groups excluding carboxylic acids is 1. The van der Waals surface area contributed by atoms with Crippen LogP contribution in [0.1, 0.15) is 18.4 Å². The molecule has 1 N–H and O–H groups in total. The predicted molar refractivity (Wildman–Crippen MR) is 79.1 cm³/mol. The molecule has 0 bridgehead atoms. The van der Waals surface area contributed by atoms with E-state index >= 15 is 0 Å². The van der Waals surface area contributed by atoms with Gasteiger partial charge in [-0.15, -0.1) is 0 Å². The van der Waals surface area contributed by atoms with E-state index in [9.17, 15) is 14.7 Å². The maximum atomic E-state index is 12.4. The van der Waals surface area contributed by atoms with Crippen molar-refractivity contribution in [2.75, 3.05) is 13.1 Å². The summed E-state index contributed by atoms with van der Waals surface area (Å²) < 4.78 is 0. The molecule has 3 rings (SSSR count). The molecule has 1 aromatic carbocycles. The minimum absolute atomic E-state index is 0.0301. The molecule has 2 aliphatic rings. The van der Waals surface area contributed by atoms with Crippen LogP contribution >= 0.6 is 11.6 Å². The van der Waals surface area contributed by atoms with E-state index in [1.165, 1.54) is 0 Å². The molecule has 0 aromatic heterocycles. The molecule has 1 aliphatic carbocycles. The molecule has 1 heterocycles. The summed E-state index contributed by atoms with van der Waals surface area (Å²) in [5, 5.41) is 9.92. The minimum atomic E-state index is -0.778. The molecule has 2 fully saturated rings. The molecule has 1 amide bonds. The molecule has 4 nitrogen and oxygen atoms in total. The number of hydrogen-bond acceptors (Lipinski definition) is 2. The number of carbonyl (C=O) groups is 2. The first-order valence-electron chi connectivity index (χ1n) is 7.30. The van der Waals surface area contributed by atoms with Crippen LogP contribution < -0.4 is 0 Å². The summed E-state index contributed by atoms with van der Waals surface area (Å²) in [4.78, 5) is 25.5. The van der Waals surface area contributed by atoms with E-state index in [0.717, 1.165) is 18.4 Å². The molecule has 0 unspecified atom stereocenters. The highest BCUT2D eigenvalue weighted by molar-refractivity contribution is 6.31. The van der Waals surface area contributed by atoms with Crippen LogP contribution in [0.4, 0.5) is 0 Å². The summed E-state index contributed by atoms with van der Waals surface area (Å²) in [5.41, 5.74) is 0.797. The van der Waals surface area contributed by atoms with Crippen molar-refractivity contribution in [1.29, 1.82) is 0 Å². The van der Waals surface area contributed by atoms with Crippen molar-refractivity contribution in [1.82, 2.24) is 4.90 Å². The van der Waals surface area contributed by atoms with Crippen molar-refractivity contribution in [3.8, 4) is 0 Å². The molecule has 1 aliphatic heterocycles. The minimum Gasteiger partial charge on any atom is -0.481 e. The van der Waals surface area contributed by atoms with Gasteiger partial charge in [0.2, 0.25) is 5.91 Å². The van der Waals surface area contributed by atoms with Crippen molar-refractivity contribution in [2.45, 2.75) is 19.3 Å². The van der Waals surface area contributed by atoms with E-state index in [-0.39, 0.29) is 18.2 Å². The van der Waals surface area contributed by atoms with Gasteiger partial charge in [0.05, 0.1) is 12.3 Å². The Kier molecular flexibility index (Phi) is 3.89. The molecule has 112 valence electrons. The molecular weight excluding hydrogens is 290 g/mol. The number of halogens is 1. The first-order chi connectivity index (χ1) is 10.1. The first-order valence-corrected chi connectivity index (χ1v) is 7.68. The first kappa shape index (κ1) is 14.4. The molecule has 21 heavy (non-hydrogen) atoms. The summed E-state index contributed by atoms with van der Waals surface area (Å²) in [6, 6.07) is 7.28. The van der Waals surface area contributed by atoms with Gasteiger partial charge in [0.1, 0.15) is 0 Å². The molecule has 2 atom stereocenters. The molecule has 0 spiro atoms. The van der Waals surface area contributed by atoms with Crippen LogP contribution in [-0.2, 0) is 16.0 Å². The Morgan fingerprint density at radius 3 is 2.57 bits per heavy atom. The monoisotopic (exact) mass is 307 g/mol. The fourth-order valence-corrected chi connectivity index (χ4v) is 3.41. The van der Waals surface area contributed by atoms with E-state index in [1.807, 2.05) is 18.2 Å². The van der Waals surface area contributed by atoms with E-state index in [1.54, 1.807) is 11.0 Å². The fourth-order valence-electron chi connectivity index (χ4n) is 3.21. The van der Waals surface area contributed by atoms with Crippen molar-refractivity contribution in [3.63, 3.8) is 0 Å². The van der Waals surface area contributed by atoms with Crippen molar-refractivity contribution in [3.05, 3.63) is 34.9 Å². The van der Waals surface area contributed by atoms with Gasteiger partial charge in [0.15, 0.2) is 0 Å². The second kappa shape index (κ2) is 5.68. The zero-order valence-corrected chi connectivity index (χ0v) is 12.4. The molecule has 1 saturated carbocycles. The van der Waals surface area contributed by atoms with Crippen LogP contribution in [0, 0.1) is 17.8 Å². The lowest BCUT2D eigenvalue weighted by molar-refractivity contribution is -0.142. The summed E-state index contributed by atoms with van der Waals surface area (Å²) >= 11 is 6.08. The third kappa shape index (κ3) is 3.05. The quantitative estimate of drug-likeness (QED) is 0.929. The molecule has 5 heteroatoms. The van der Waals surface area contributed by atoms with Gasteiger partial charge in [0.25, 0.3) is 0 Å². The third-order valence-corrected chi connectivity index (χ3v) is 4.93. The Balaban J connectivity index is 1.68. The van der Waals surface area contributed by atoms with Gasteiger partial charge in [-0.2, -0.15) is 0 Å². The maximum absolute atomic E-state index is 12.4. The van der Waals surface area contributed by atoms with Gasteiger partial charge < -0.3 is 10.0 Å². The predicted octanol–water partition coefficient (Wildman–Crippen LogP) is 2.45. The number of rotatable bonds is 4. The number of hydrogen-bond donors (Lipinski definition) is 1. The van der Waals surface area contributed by atoms with Gasteiger partial charge in [-0.25, -0.2) is 0 Å². The summed E-state index contributed by atoms with van der Waals surface area (Å²) in [7, 11) is 0. The number of likely N-dealkylation sites (tertiary alicyclic amines) is 1. The zero-order chi connectivity index (χ0) is 15.0. The Hall–Kier alpha value is -1.55. The van der Waals surface area contributed by atoms with Crippen molar-refractivity contribution < 1.29 is 14.7 Å². The average molecular weight is 308 g/mol. The Morgan fingerprint density at radius 2 is 1.95 bits per heavy atom. The smallest absolute Gasteiger partial charge is 0.308 e. The highest BCUT2D eigenvalue weighted by Crippen LogP contribution is 2.44. The number of carboxylic acid groups (broad SMARTS) is 1. The molecular formula is C16H18ClNO3. The normalized spacial score (nSPS) is 25.1. The number of aliphatic carboxylic acids is 1. The molecule has 0 radical (unpaired) electrons. The molecule has 1 aromatic rings. The lowest BCUT2D eigenvalue weighted by Gasteiger charge is -2.16. The average Bonchev–Trinajstić information content (AvgIpc) is 3.19. The molecule has 1 saturated heterocycles.